The van der Waals surface area contributed by atoms with Crippen molar-refractivity contribution in [2.24, 2.45) is 0 Å². The number of fused-ring (bicyclic) bond motifs is 1. The Morgan fingerprint density at radius 3 is 2.76 bits per heavy atom. The number of benzene rings is 2. The molecule has 4 nitrogen and oxygen atoms in total. The molecule has 0 bridgehead atoms. The largest absolute Gasteiger partial charge is 0.313 e. The fourth-order valence-electron chi connectivity index (χ4n) is 4.06. The standard InChI is InChI=1S/C21H27N3O/c1-13-7-8-15(11-14(13)2)12-20-23-21(24-25-20)18-6-4-5-17-16(18)9-10-19(17)22-3/h4-8,11,19-24H,9-10,12H2,1-3H3/t19-,20?,21?/m1/s1. The molecule has 0 radical (unpaired) electrons. The third-order valence-corrected chi connectivity index (χ3v) is 5.64. The Bertz CT molecular complexity index is 774. The second-order valence-electron chi connectivity index (χ2n) is 7.24. The fourth-order valence-corrected chi connectivity index (χ4v) is 4.06. The van der Waals surface area contributed by atoms with Crippen LogP contribution >= 0.6 is 0 Å². The molecule has 4 heteroatoms. The first-order valence-corrected chi connectivity index (χ1v) is 9.18. The van der Waals surface area contributed by atoms with Crippen LogP contribution in [-0.2, 0) is 17.7 Å². The summed E-state index contributed by atoms with van der Waals surface area (Å²) in [5.74, 6) is 0. The summed E-state index contributed by atoms with van der Waals surface area (Å²) in [6.07, 6.45) is 3.20. The highest BCUT2D eigenvalue weighted by molar-refractivity contribution is 5.42. The van der Waals surface area contributed by atoms with Gasteiger partial charge in [0, 0.05) is 12.5 Å². The van der Waals surface area contributed by atoms with E-state index in [-0.39, 0.29) is 12.4 Å². The highest BCUT2D eigenvalue weighted by Gasteiger charge is 2.31. The Hall–Kier alpha value is -1.72. The van der Waals surface area contributed by atoms with Gasteiger partial charge in [0.25, 0.3) is 0 Å². The summed E-state index contributed by atoms with van der Waals surface area (Å²) < 4.78 is 0. The highest BCUT2D eigenvalue weighted by Crippen LogP contribution is 2.35. The summed E-state index contributed by atoms with van der Waals surface area (Å²) in [5.41, 5.74) is 11.4. The van der Waals surface area contributed by atoms with E-state index in [9.17, 15) is 0 Å². The zero-order chi connectivity index (χ0) is 17.4. The van der Waals surface area contributed by atoms with Gasteiger partial charge in [-0.15, -0.1) is 0 Å². The zero-order valence-corrected chi connectivity index (χ0v) is 15.2. The van der Waals surface area contributed by atoms with Gasteiger partial charge in [-0.05, 0) is 67.1 Å². The van der Waals surface area contributed by atoms with Gasteiger partial charge in [0.1, 0.15) is 12.4 Å². The Morgan fingerprint density at radius 1 is 1.12 bits per heavy atom. The molecule has 0 spiro atoms. The van der Waals surface area contributed by atoms with Gasteiger partial charge in [-0.3, -0.25) is 10.2 Å². The molecule has 1 saturated heterocycles. The van der Waals surface area contributed by atoms with Gasteiger partial charge in [0.2, 0.25) is 0 Å². The van der Waals surface area contributed by atoms with Crippen molar-refractivity contribution < 1.29 is 4.84 Å². The van der Waals surface area contributed by atoms with Crippen molar-refractivity contribution in [3.63, 3.8) is 0 Å². The van der Waals surface area contributed by atoms with Crippen molar-refractivity contribution in [2.75, 3.05) is 7.05 Å². The van der Waals surface area contributed by atoms with Gasteiger partial charge in [0.05, 0.1) is 0 Å². The molecule has 2 aromatic rings. The zero-order valence-electron chi connectivity index (χ0n) is 15.2. The molecule has 3 N–H and O–H groups in total. The molecule has 0 saturated carbocycles. The summed E-state index contributed by atoms with van der Waals surface area (Å²) in [5, 5.41) is 7.02. The van der Waals surface area contributed by atoms with Crippen LogP contribution in [-0.4, -0.2) is 13.3 Å². The van der Waals surface area contributed by atoms with Crippen LogP contribution in [0.15, 0.2) is 36.4 Å². The van der Waals surface area contributed by atoms with E-state index in [2.05, 4.69) is 66.4 Å². The fraction of sp³-hybridized carbons (Fsp3) is 0.429. The minimum Gasteiger partial charge on any atom is -0.313 e. The maximum Gasteiger partial charge on any atom is 0.135 e. The Kier molecular flexibility index (Phi) is 4.61. The summed E-state index contributed by atoms with van der Waals surface area (Å²) in [6, 6.07) is 13.7. The highest BCUT2D eigenvalue weighted by atomic mass is 16.7. The number of hydrogen-bond acceptors (Lipinski definition) is 4. The van der Waals surface area contributed by atoms with Gasteiger partial charge in [-0.1, -0.05) is 36.4 Å². The van der Waals surface area contributed by atoms with Crippen molar-refractivity contribution in [1.29, 1.82) is 0 Å². The average molecular weight is 337 g/mol. The van der Waals surface area contributed by atoms with Crippen molar-refractivity contribution in [3.05, 3.63) is 69.8 Å². The van der Waals surface area contributed by atoms with Gasteiger partial charge in [-0.2, -0.15) is 5.48 Å². The molecule has 3 atom stereocenters. The van der Waals surface area contributed by atoms with E-state index in [1.807, 2.05) is 7.05 Å². The van der Waals surface area contributed by atoms with Gasteiger partial charge in [0.15, 0.2) is 0 Å². The molecule has 1 fully saturated rings. The second-order valence-corrected chi connectivity index (χ2v) is 7.24. The van der Waals surface area contributed by atoms with Gasteiger partial charge >= 0.3 is 0 Å². The molecule has 0 aromatic heterocycles. The van der Waals surface area contributed by atoms with Crippen LogP contribution in [0.2, 0.25) is 0 Å². The SMILES string of the molecule is CN[C@@H]1CCc2c(C3NOC(Cc4ccc(C)c(C)c4)N3)cccc21. The van der Waals surface area contributed by atoms with Crippen LogP contribution in [0.5, 0.6) is 0 Å². The van der Waals surface area contributed by atoms with Crippen molar-refractivity contribution >= 4 is 0 Å². The van der Waals surface area contributed by atoms with Crippen LogP contribution in [0, 0.1) is 13.8 Å². The summed E-state index contributed by atoms with van der Waals surface area (Å²) in [4.78, 5) is 5.83. The molecule has 2 aromatic carbocycles. The lowest BCUT2D eigenvalue weighted by molar-refractivity contribution is 0.0228. The van der Waals surface area contributed by atoms with Gasteiger partial charge in [-0.25, -0.2) is 0 Å². The van der Waals surface area contributed by atoms with E-state index in [1.165, 1.54) is 39.8 Å². The van der Waals surface area contributed by atoms with E-state index >= 15 is 0 Å². The average Bonchev–Trinajstić information content (AvgIpc) is 3.24. The van der Waals surface area contributed by atoms with Crippen LogP contribution in [0.1, 0.15) is 52.0 Å². The first-order chi connectivity index (χ1) is 12.2. The number of aryl methyl sites for hydroxylation is 2. The first kappa shape index (κ1) is 16.7. The normalized spacial score (nSPS) is 25.3. The molecule has 1 heterocycles. The van der Waals surface area contributed by atoms with Crippen molar-refractivity contribution in [1.82, 2.24) is 16.1 Å². The minimum absolute atomic E-state index is 0.00976. The van der Waals surface area contributed by atoms with E-state index in [1.54, 1.807) is 0 Å². The number of rotatable bonds is 4. The van der Waals surface area contributed by atoms with E-state index in [0.717, 1.165) is 12.8 Å². The maximum atomic E-state index is 5.83. The smallest absolute Gasteiger partial charge is 0.135 e. The second kappa shape index (κ2) is 6.89. The van der Waals surface area contributed by atoms with Crippen LogP contribution < -0.4 is 16.1 Å². The van der Waals surface area contributed by atoms with E-state index < -0.39 is 0 Å². The van der Waals surface area contributed by atoms with E-state index in [4.69, 9.17) is 4.84 Å². The molecule has 1 aliphatic carbocycles. The predicted octanol–water partition coefficient (Wildman–Crippen LogP) is 3.20. The topological polar surface area (TPSA) is 45.3 Å². The summed E-state index contributed by atoms with van der Waals surface area (Å²) >= 11 is 0. The Morgan fingerprint density at radius 2 is 1.96 bits per heavy atom. The third-order valence-electron chi connectivity index (χ3n) is 5.64. The molecule has 1 aliphatic heterocycles. The number of hydroxylamine groups is 1. The van der Waals surface area contributed by atoms with Crippen LogP contribution in [0.25, 0.3) is 0 Å². The Labute approximate surface area is 149 Å². The molecular weight excluding hydrogens is 310 g/mol. The molecule has 0 amide bonds. The molecule has 2 unspecified atom stereocenters. The van der Waals surface area contributed by atoms with Gasteiger partial charge < -0.3 is 5.32 Å². The minimum atomic E-state index is -0.00976. The molecule has 25 heavy (non-hydrogen) atoms. The number of hydrogen-bond donors (Lipinski definition) is 3. The predicted molar refractivity (Wildman–Crippen MR) is 100 cm³/mol. The maximum absolute atomic E-state index is 5.83. The van der Waals surface area contributed by atoms with Crippen LogP contribution in [0.4, 0.5) is 0 Å². The lowest BCUT2D eigenvalue weighted by Gasteiger charge is -2.16. The first-order valence-electron chi connectivity index (χ1n) is 9.18. The van der Waals surface area contributed by atoms with E-state index in [0.29, 0.717) is 6.04 Å². The molecule has 132 valence electrons. The quantitative estimate of drug-likeness (QED) is 0.802. The molecule has 4 rings (SSSR count). The molecule has 2 aliphatic rings. The summed E-state index contributed by atoms with van der Waals surface area (Å²) in [7, 11) is 2.04. The van der Waals surface area contributed by atoms with Crippen molar-refractivity contribution in [3.8, 4) is 0 Å². The lowest BCUT2D eigenvalue weighted by atomic mass is 10.00. The summed E-state index contributed by atoms with van der Waals surface area (Å²) in [6.45, 7) is 4.31. The molecular formula is C21H27N3O. The number of nitrogens with one attached hydrogen (secondary N) is 3. The third kappa shape index (κ3) is 3.23. The lowest BCUT2D eigenvalue weighted by Crippen LogP contribution is -2.28. The van der Waals surface area contributed by atoms with Crippen molar-refractivity contribution in [2.45, 2.75) is 51.5 Å². The monoisotopic (exact) mass is 337 g/mol. The Balaban J connectivity index is 1.48. The van der Waals surface area contributed by atoms with Crippen LogP contribution in [0.3, 0.4) is 0 Å².